The molecule has 2 rings (SSSR count). The molecule has 1 fully saturated rings. The number of aliphatic hydroxyl groups is 1. The number of unbranched alkanes of at least 4 members (excludes halogenated alkanes) is 3. The Bertz CT molecular complexity index is 842. The van der Waals surface area contributed by atoms with Crippen LogP contribution in [0.1, 0.15) is 71.9 Å². The molecule has 0 saturated carbocycles. The average molecular weight is 542 g/mol. The van der Waals surface area contributed by atoms with Gasteiger partial charge in [0.2, 0.25) is 0 Å². The number of H-pyrrole nitrogens is 1. The first-order valence-electron chi connectivity index (χ1n) is 11.6. The Labute approximate surface area is 187 Å². The van der Waals surface area contributed by atoms with Crippen molar-refractivity contribution in [2.24, 2.45) is 5.11 Å². The van der Waals surface area contributed by atoms with Gasteiger partial charge in [0.15, 0.2) is 0 Å². The van der Waals surface area contributed by atoms with Gasteiger partial charge in [0, 0.05) is 0 Å². The Morgan fingerprint density at radius 1 is 1.19 bits per heavy atom. The van der Waals surface area contributed by atoms with Crippen molar-refractivity contribution in [3.63, 3.8) is 0 Å². The molecule has 0 aromatic carbocycles. The van der Waals surface area contributed by atoms with E-state index in [2.05, 4.69) is 35.8 Å². The second-order valence-electron chi connectivity index (χ2n) is 8.62. The molecular formula is C21H37N5O4Sn. The molecule has 0 radical (unpaired) electrons. The summed E-state index contributed by atoms with van der Waals surface area (Å²) in [5.74, 6) is 0. The van der Waals surface area contributed by atoms with Crippen molar-refractivity contribution in [1.82, 2.24) is 9.55 Å². The van der Waals surface area contributed by atoms with Gasteiger partial charge in [-0.25, -0.2) is 0 Å². The van der Waals surface area contributed by atoms with Gasteiger partial charge >= 0.3 is 188 Å². The van der Waals surface area contributed by atoms with E-state index in [4.69, 9.17) is 10.3 Å². The molecule has 2 N–H and O–H groups in total. The molecule has 3 atom stereocenters. The van der Waals surface area contributed by atoms with E-state index in [1.807, 2.05) is 0 Å². The summed E-state index contributed by atoms with van der Waals surface area (Å²) in [6.45, 7) is 6.24. The van der Waals surface area contributed by atoms with Gasteiger partial charge in [0.1, 0.15) is 0 Å². The van der Waals surface area contributed by atoms with E-state index in [-0.39, 0.29) is 12.2 Å². The number of nitrogens with one attached hydrogen (secondary N) is 1. The van der Waals surface area contributed by atoms with Crippen LogP contribution in [0.5, 0.6) is 0 Å². The van der Waals surface area contributed by atoms with Crippen LogP contribution in [0, 0.1) is 0 Å². The molecule has 9 nitrogen and oxygen atoms in total. The van der Waals surface area contributed by atoms with Crippen molar-refractivity contribution in [1.29, 1.82) is 0 Å². The van der Waals surface area contributed by atoms with E-state index in [1.165, 1.54) is 4.57 Å². The van der Waals surface area contributed by atoms with Crippen LogP contribution in [0.15, 0.2) is 20.9 Å². The Hall–Kier alpha value is -1.29. The van der Waals surface area contributed by atoms with Crippen LogP contribution < -0.4 is 14.8 Å². The molecule has 1 aliphatic rings. The Morgan fingerprint density at radius 2 is 1.77 bits per heavy atom. The van der Waals surface area contributed by atoms with Gasteiger partial charge in [-0.15, -0.1) is 0 Å². The Kier molecular flexibility index (Phi) is 10.6. The first-order valence-corrected chi connectivity index (χ1v) is 19.1. The molecule has 174 valence electrons. The van der Waals surface area contributed by atoms with Crippen molar-refractivity contribution in [3.8, 4) is 0 Å². The normalized spacial score (nSPS) is 21.2. The van der Waals surface area contributed by atoms with E-state index < -0.39 is 42.4 Å². The third-order valence-electron chi connectivity index (χ3n) is 6.46. The number of hydrogen-bond acceptors (Lipinski definition) is 5. The van der Waals surface area contributed by atoms with Gasteiger partial charge in [-0.1, -0.05) is 0 Å². The summed E-state index contributed by atoms with van der Waals surface area (Å²) in [7, 11) is 0. The van der Waals surface area contributed by atoms with Crippen LogP contribution in [0.3, 0.4) is 0 Å². The van der Waals surface area contributed by atoms with Crippen LogP contribution in [0.4, 0.5) is 0 Å². The number of hydrogen-bond donors (Lipinski definition) is 2. The second kappa shape index (κ2) is 12.7. The maximum atomic E-state index is 13.1. The van der Waals surface area contributed by atoms with Crippen LogP contribution in [0.25, 0.3) is 10.4 Å². The van der Waals surface area contributed by atoms with Crippen LogP contribution in [0.2, 0.25) is 13.3 Å². The predicted octanol–water partition coefficient (Wildman–Crippen LogP) is 3.55. The van der Waals surface area contributed by atoms with Crippen molar-refractivity contribution in [2.45, 2.75) is 97.4 Å². The first-order chi connectivity index (χ1) is 15.0. The van der Waals surface area contributed by atoms with Crippen molar-refractivity contribution >= 4 is 22.0 Å². The SMILES string of the molecule is CCC[CH2][Sn]([CH2]CCC)([CH2]CCC)[c]1cn([C@H]2C[C@H](N=[N+]=[N-])[C@@H](CO)O2)c(=O)[nH]c1=O. The van der Waals surface area contributed by atoms with Gasteiger partial charge in [0.05, 0.1) is 0 Å². The zero-order chi connectivity index (χ0) is 22.9. The summed E-state index contributed by atoms with van der Waals surface area (Å²) in [6.07, 6.45) is 7.32. The fraction of sp³-hybridized carbons (Fsp3) is 0.810. The fourth-order valence-corrected chi connectivity index (χ4v) is 20.6. The van der Waals surface area contributed by atoms with E-state index in [1.54, 1.807) is 6.20 Å². The van der Waals surface area contributed by atoms with Crippen molar-refractivity contribution < 1.29 is 9.84 Å². The molecule has 0 bridgehead atoms. The minimum absolute atomic E-state index is 0.233. The quantitative estimate of drug-likeness (QED) is 0.171. The van der Waals surface area contributed by atoms with Gasteiger partial charge in [-0.05, 0) is 0 Å². The minimum atomic E-state index is -3.08. The van der Waals surface area contributed by atoms with Gasteiger partial charge in [0.25, 0.3) is 0 Å². The molecule has 0 spiro atoms. The molecule has 0 unspecified atom stereocenters. The third kappa shape index (κ3) is 6.37. The van der Waals surface area contributed by atoms with Crippen LogP contribution in [-0.4, -0.2) is 51.8 Å². The van der Waals surface area contributed by atoms with Crippen molar-refractivity contribution in [2.75, 3.05) is 6.61 Å². The number of azide groups is 1. The molecule has 1 aliphatic heterocycles. The number of nitrogens with zero attached hydrogens (tertiary/aromatic N) is 4. The Balaban J connectivity index is 2.53. The first kappa shape index (κ1) is 26.0. The molecule has 1 saturated heterocycles. The van der Waals surface area contributed by atoms with E-state index in [0.29, 0.717) is 6.42 Å². The van der Waals surface area contributed by atoms with Crippen LogP contribution in [-0.2, 0) is 4.74 Å². The molecule has 0 aliphatic carbocycles. The summed E-state index contributed by atoms with van der Waals surface area (Å²) in [4.78, 5) is 31.2. The number of ether oxygens (including phenoxy) is 1. The van der Waals surface area contributed by atoms with Gasteiger partial charge in [-0.2, -0.15) is 0 Å². The maximum absolute atomic E-state index is 13.1. The Morgan fingerprint density at radius 3 is 2.26 bits per heavy atom. The fourth-order valence-electron chi connectivity index (χ4n) is 4.64. The average Bonchev–Trinajstić information content (AvgIpc) is 3.17. The van der Waals surface area contributed by atoms with E-state index in [0.717, 1.165) is 55.4 Å². The summed E-state index contributed by atoms with van der Waals surface area (Å²) < 4.78 is 11.5. The third-order valence-corrected chi connectivity index (χ3v) is 22.0. The number of aromatic nitrogens is 2. The zero-order valence-corrected chi connectivity index (χ0v) is 21.9. The molecule has 1 aromatic rings. The van der Waals surface area contributed by atoms with Gasteiger partial charge < -0.3 is 0 Å². The monoisotopic (exact) mass is 543 g/mol. The molecule has 31 heavy (non-hydrogen) atoms. The summed E-state index contributed by atoms with van der Waals surface area (Å²) in [6, 6.07) is -0.546. The van der Waals surface area contributed by atoms with E-state index >= 15 is 0 Å². The van der Waals surface area contributed by atoms with Crippen LogP contribution >= 0.6 is 0 Å². The van der Waals surface area contributed by atoms with Crippen molar-refractivity contribution in [3.05, 3.63) is 37.5 Å². The van der Waals surface area contributed by atoms with Gasteiger partial charge in [-0.3, -0.25) is 0 Å². The number of rotatable bonds is 13. The molecule has 2 heterocycles. The second-order valence-corrected chi connectivity index (χ2v) is 21.7. The standard InChI is InChI=1S/C9H10N5O4.3C4H9.Sn/c10-13-12-5-3-8(18-6(5)4-15)14-2-1-7(16)11-9(14)17;3*1-3-4-2;/h2,5-6,8,15H,3-4H2,(H,11,16,17);3*1,3-4H2,2H3;/t5-,6+,8+;;;;/m0..../s1. The molecule has 0 amide bonds. The number of aromatic amines is 1. The molecular weight excluding hydrogens is 505 g/mol. The molecule has 1 aromatic heterocycles. The molecule has 10 heteroatoms. The summed E-state index contributed by atoms with van der Waals surface area (Å²) in [5.41, 5.74) is 8.05. The topological polar surface area (TPSA) is 133 Å². The predicted molar refractivity (Wildman–Crippen MR) is 124 cm³/mol. The summed E-state index contributed by atoms with van der Waals surface area (Å²) >= 11 is -3.08. The summed E-state index contributed by atoms with van der Waals surface area (Å²) in [5, 5.41) is 13.3. The number of aliphatic hydroxyl groups excluding tert-OH is 1. The zero-order valence-electron chi connectivity index (χ0n) is 19.0. The van der Waals surface area contributed by atoms with E-state index in [9.17, 15) is 14.7 Å².